The third-order valence-corrected chi connectivity index (χ3v) is 7.61. The van der Waals surface area contributed by atoms with Gasteiger partial charge in [0.05, 0.1) is 9.78 Å². The number of nitrogens with one attached hydrogen (secondary N) is 1. The summed E-state index contributed by atoms with van der Waals surface area (Å²) in [5.74, 6) is 0.336. The molecule has 7 heteroatoms. The molecule has 0 fully saturated rings. The van der Waals surface area contributed by atoms with E-state index in [2.05, 4.69) is 101 Å². The number of carbonyl (C=O) groups excluding carboxylic acids is 1. The minimum atomic E-state index is -0.366. The Hall–Kier alpha value is -1.87. The highest BCUT2D eigenvalue weighted by Crippen LogP contribution is 2.44. The number of benzene rings is 2. The van der Waals surface area contributed by atoms with Crippen molar-refractivity contribution < 1.29 is 9.21 Å². The number of hydrazone groups is 1. The fourth-order valence-corrected chi connectivity index (χ4v) is 6.50. The van der Waals surface area contributed by atoms with Gasteiger partial charge in [-0.1, -0.05) is 29.8 Å². The second kappa shape index (κ2) is 9.41. The molecule has 0 saturated heterocycles. The lowest BCUT2D eigenvalue weighted by Gasteiger charge is -2.48. The number of hydrogen-bond donors (Lipinski definition) is 1. The van der Waals surface area contributed by atoms with Crippen molar-refractivity contribution in [1.29, 1.82) is 0 Å². The van der Waals surface area contributed by atoms with Crippen molar-refractivity contribution in [3.05, 3.63) is 60.8 Å². The normalized spacial score (nSPS) is 17.5. The summed E-state index contributed by atoms with van der Waals surface area (Å²) in [5.41, 5.74) is 8.27. The first-order valence-corrected chi connectivity index (χ1v) is 13.1. The summed E-state index contributed by atoms with van der Waals surface area (Å²) in [4.78, 5) is 15.2. The molecule has 2 aromatic carbocycles. The number of hydrogen-bond acceptors (Lipinski definition) is 4. The number of furan rings is 1. The van der Waals surface area contributed by atoms with Gasteiger partial charge in [0.1, 0.15) is 5.58 Å². The van der Waals surface area contributed by atoms with Crippen LogP contribution in [0.1, 0.15) is 73.7 Å². The van der Waals surface area contributed by atoms with Crippen LogP contribution in [-0.2, 0) is 0 Å². The van der Waals surface area contributed by atoms with Crippen molar-refractivity contribution in [3.63, 3.8) is 0 Å². The zero-order chi connectivity index (χ0) is 23.9. The number of fused-ring (bicyclic) bond motifs is 2. The molecule has 0 saturated carbocycles. The molecule has 0 bridgehead atoms. The molecule has 0 spiro atoms. The van der Waals surface area contributed by atoms with Crippen LogP contribution in [0.3, 0.4) is 0 Å². The standard InChI is InChI=1S/C26H29BrIN3O2/c1-6-7-31-22-8-15(2)18(10-20(22)16(3)13-26(31,4)5)14-29-30-25(32)23-11-17-9-19(27)12-21(28)24(17)33-23/h8-12,14,16H,6-7,13H2,1-5H3,(H,30,32)/b29-14-. The van der Waals surface area contributed by atoms with Crippen LogP contribution in [0.5, 0.6) is 0 Å². The van der Waals surface area contributed by atoms with Gasteiger partial charge in [-0.25, -0.2) is 5.43 Å². The molecular weight excluding hydrogens is 593 g/mol. The van der Waals surface area contributed by atoms with Crippen LogP contribution >= 0.6 is 38.5 Å². The molecule has 1 amide bonds. The topological polar surface area (TPSA) is 57.8 Å². The number of carbonyl (C=O) groups is 1. The summed E-state index contributed by atoms with van der Waals surface area (Å²) in [6.45, 7) is 12.3. The highest BCUT2D eigenvalue weighted by Gasteiger charge is 2.36. The van der Waals surface area contributed by atoms with Crippen molar-refractivity contribution in [2.75, 3.05) is 11.4 Å². The Morgan fingerprint density at radius 1 is 1.33 bits per heavy atom. The van der Waals surface area contributed by atoms with Gasteiger partial charge in [0.15, 0.2) is 5.76 Å². The summed E-state index contributed by atoms with van der Waals surface area (Å²) in [6, 6.07) is 10.1. The zero-order valence-corrected chi connectivity index (χ0v) is 23.4. The zero-order valence-electron chi connectivity index (χ0n) is 19.6. The average Bonchev–Trinajstić information content (AvgIpc) is 3.16. The lowest BCUT2D eigenvalue weighted by molar-refractivity contribution is 0.0929. The number of amides is 1. The third kappa shape index (κ3) is 4.85. The van der Waals surface area contributed by atoms with Gasteiger partial charge in [-0.05, 0) is 109 Å². The maximum Gasteiger partial charge on any atom is 0.307 e. The van der Waals surface area contributed by atoms with E-state index >= 15 is 0 Å². The molecule has 1 aromatic heterocycles. The van der Waals surface area contributed by atoms with E-state index in [-0.39, 0.29) is 17.2 Å². The van der Waals surface area contributed by atoms with Gasteiger partial charge in [0.2, 0.25) is 0 Å². The van der Waals surface area contributed by atoms with E-state index in [9.17, 15) is 4.79 Å². The van der Waals surface area contributed by atoms with Gasteiger partial charge in [0.25, 0.3) is 0 Å². The van der Waals surface area contributed by atoms with Crippen molar-refractivity contribution in [2.45, 2.75) is 58.9 Å². The Bertz CT molecular complexity index is 1250. The Balaban J connectivity index is 1.56. The third-order valence-electron chi connectivity index (χ3n) is 6.35. The largest absolute Gasteiger partial charge is 0.450 e. The second-order valence-corrected chi connectivity index (χ2v) is 11.5. The first kappa shape index (κ1) is 24.3. The first-order chi connectivity index (χ1) is 15.6. The molecule has 1 atom stereocenters. The quantitative estimate of drug-likeness (QED) is 0.184. The summed E-state index contributed by atoms with van der Waals surface area (Å²) >= 11 is 5.68. The fraction of sp³-hybridized carbons (Fsp3) is 0.385. The monoisotopic (exact) mass is 621 g/mol. The van der Waals surface area contributed by atoms with Gasteiger partial charge in [-0.2, -0.15) is 5.10 Å². The molecular formula is C26H29BrIN3O2. The van der Waals surface area contributed by atoms with Crippen LogP contribution in [0.2, 0.25) is 0 Å². The second-order valence-electron chi connectivity index (χ2n) is 9.45. The Labute approximate surface area is 217 Å². The highest BCUT2D eigenvalue weighted by atomic mass is 127. The first-order valence-electron chi connectivity index (χ1n) is 11.2. The minimum Gasteiger partial charge on any atom is -0.450 e. The lowest BCUT2D eigenvalue weighted by Crippen LogP contribution is -2.48. The van der Waals surface area contributed by atoms with Gasteiger partial charge in [-0.3, -0.25) is 4.79 Å². The Morgan fingerprint density at radius 3 is 2.82 bits per heavy atom. The smallest absolute Gasteiger partial charge is 0.307 e. The van der Waals surface area contributed by atoms with Crippen LogP contribution in [0, 0.1) is 10.5 Å². The molecule has 0 radical (unpaired) electrons. The molecule has 174 valence electrons. The van der Waals surface area contributed by atoms with Gasteiger partial charge < -0.3 is 9.32 Å². The Morgan fingerprint density at radius 2 is 2.09 bits per heavy atom. The molecule has 5 nitrogen and oxygen atoms in total. The summed E-state index contributed by atoms with van der Waals surface area (Å²) in [6.07, 6.45) is 3.95. The van der Waals surface area contributed by atoms with Crippen molar-refractivity contribution >= 4 is 67.3 Å². The fourth-order valence-electron chi connectivity index (χ4n) is 4.84. The van der Waals surface area contributed by atoms with E-state index in [4.69, 9.17) is 4.42 Å². The molecule has 1 aliphatic rings. The van der Waals surface area contributed by atoms with Gasteiger partial charge in [0, 0.05) is 27.6 Å². The molecule has 1 aliphatic heterocycles. The highest BCUT2D eigenvalue weighted by molar-refractivity contribution is 14.1. The number of rotatable bonds is 5. The molecule has 1 unspecified atom stereocenters. The van der Waals surface area contributed by atoms with Crippen LogP contribution in [0.25, 0.3) is 11.0 Å². The Kier molecular flexibility index (Phi) is 6.92. The number of anilines is 1. The maximum absolute atomic E-state index is 12.6. The molecule has 0 aliphatic carbocycles. The minimum absolute atomic E-state index is 0.137. The summed E-state index contributed by atoms with van der Waals surface area (Å²) in [7, 11) is 0. The van der Waals surface area contributed by atoms with E-state index in [0.717, 1.165) is 43.9 Å². The van der Waals surface area contributed by atoms with E-state index in [1.54, 1.807) is 12.3 Å². The van der Waals surface area contributed by atoms with E-state index in [1.165, 1.54) is 11.3 Å². The molecule has 1 N–H and O–H groups in total. The molecule has 2 heterocycles. The van der Waals surface area contributed by atoms with E-state index in [0.29, 0.717) is 11.5 Å². The maximum atomic E-state index is 12.6. The van der Waals surface area contributed by atoms with Crippen molar-refractivity contribution in [1.82, 2.24) is 5.43 Å². The summed E-state index contributed by atoms with van der Waals surface area (Å²) in [5, 5.41) is 5.11. The lowest BCUT2D eigenvalue weighted by atomic mass is 9.79. The van der Waals surface area contributed by atoms with E-state index < -0.39 is 0 Å². The number of nitrogens with zero attached hydrogens (tertiary/aromatic N) is 2. The van der Waals surface area contributed by atoms with Crippen LogP contribution < -0.4 is 10.3 Å². The predicted octanol–water partition coefficient (Wildman–Crippen LogP) is 7.37. The van der Waals surface area contributed by atoms with Gasteiger partial charge in [-0.15, -0.1) is 0 Å². The summed E-state index contributed by atoms with van der Waals surface area (Å²) < 4.78 is 7.66. The molecule has 33 heavy (non-hydrogen) atoms. The van der Waals surface area contributed by atoms with Crippen LogP contribution in [-0.4, -0.2) is 24.2 Å². The number of halogens is 2. The average molecular weight is 622 g/mol. The SMILES string of the molecule is CCCN1c2cc(C)c(/C=N\NC(=O)c3cc4cc(Br)cc(I)c4o3)cc2C(C)CC1(C)C. The van der Waals surface area contributed by atoms with Crippen molar-refractivity contribution in [3.8, 4) is 0 Å². The van der Waals surface area contributed by atoms with Crippen LogP contribution in [0.15, 0.2) is 44.3 Å². The van der Waals surface area contributed by atoms with Gasteiger partial charge >= 0.3 is 5.91 Å². The molecule has 4 rings (SSSR count). The van der Waals surface area contributed by atoms with Crippen molar-refractivity contribution in [2.24, 2.45) is 5.10 Å². The van der Waals surface area contributed by atoms with E-state index in [1.807, 2.05) is 12.1 Å². The van der Waals surface area contributed by atoms with Crippen LogP contribution in [0.4, 0.5) is 5.69 Å². The molecule has 3 aromatic rings. The number of aryl methyl sites for hydroxylation is 1. The predicted molar refractivity (Wildman–Crippen MR) is 148 cm³/mol.